The number of piperidine rings is 1. The van der Waals surface area contributed by atoms with Crippen LogP contribution >= 0.6 is 11.3 Å². The predicted octanol–water partition coefficient (Wildman–Crippen LogP) is 3.78. The van der Waals surface area contributed by atoms with Crippen LogP contribution in [0.3, 0.4) is 0 Å². The highest BCUT2D eigenvalue weighted by atomic mass is 32.1. The number of anilines is 1. The van der Waals surface area contributed by atoms with Crippen LogP contribution < -0.4 is 4.90 Å². The fourth-order valence-corrected chi connectivity index (χ4v) is 3.79. The van der Waals surface area contributed by atoms with Gasteiger partial charge < -0.3 is 4.90 Å². The van der Waals surface area contributed by atoms with Crippen LogP contribution in [0.25, 0.3) is 0 Å². The molecule has 4 heteroatoms. The van der Waals surface area contributed by atoms with Crippen LogP contribution in [-0.4, -0.2) is 24.4 Å². The molecular weight excluding hydrogens is 256 g/mol. The van der Waals surface area contributed by atoms with Crippen molar-refractivity contribution in [3.8, 4) is 0 Å². The molecule has 0 aliphatic carbocycles. The summed E-state index contributed by atoms with van der Waals surface area (Å²) < 4.78 is 0. The highest BCUT2D eigenvalue weighted by Crippen LogP contribution is 2.36. The highest BCUT2D eigenvalue weighted by Gasteiger charge is 2.29. The molecule has 0 amide bonds. The zero-order chi connectivity index (χ0) is 14.0. The lowest BCUT2D eigenvalue weighted by Gasteiger charge is -2.38. The van der Waals surface area contributed by atoms with Gasteiger partial charge in [-0.15, -0.1) is 0 Å². The molecule has 3 nitrogen and oxygen atoms in total. The summed E-state index contributed by atoms with van der Waals surface area (Å²) in [6.45, 7) is 11.2. The molecular formula is C15H24N2OS. The molecule has 0 aromatic carbocycles. The summed E-state index contributed by atoms with van der Waals surface area (Å²) in [5.41, 5.74) is 1.35. The number of aryl methyl sites for hydroxylation is 1. The number of aldehydes is 1. The van der Waals surface area contributed by atoms with E-state index >= 15 is 0 Å². The van der Waals surface area contributed by atoms with Crippen LogP contribution in [0.15, 0.2) is 0 Å². The fraction of sp³-hybridized carbons (Fsp3) is 0.733. The number of aromatic nitrogens is 1. The predicted molar refractivity (Wildman–Crippen MR) is 81.3 cm³/mol. The summed E-state index contributed by atoms with van der Waals surface area (Å²) >= 11 is 1.55. The van der Waals surface area contributed by atoms with Crippen molar-refractivity contribution < 1.29 is 4.79 Å². The van der Waals surface area contributed by atoms with Crippen LogP contribution in [-0.2, 0) is 6.42 Å². The average molecular weight is 280 g/mol. The summed E-state index contributed by atoms with van der Waals surface area (Å²) in [4.78, 5) is 18.8. The van der Waals surface area contributed by atoms with Gasteiger partial charge in [-0.3, -0.25) is 4.79 Å². The van der Waals surface area contributed by atoms with Crippen molar-refractivity contribution in [1.29, 1.82) is 0 Å². The van der Waals surface area contributed by atoms with Gasteiger partial charge in [-0.05, 0) is 30.6 Å². The van der Waals surface area contributed by atoms with Gasteiger partial charge in [-0.2, -0.15) is 0 Å². The van der Waals surface area contributed by atoms with E-state index < -0.39 is 0 Å². The Balaban J connectivity index is 2.05. The number of thiazole rings is 1. The first-order valence-corrected chi connectivity index (χ1v) is 7.97. The van der Waals surface area contributed by atoms with Crippen molar-refractivity contribution in [3.63, 3.8) is 0 Å². The first kappa shape index (κ1) is 14.5. The van der Waals surface area contributed by atoms with Crippen LogP contribution in [0.4, 0.5) is 5.13 Å². The fourth-order valence-electron chi connectivity index (χ4n) is 2.77. The Kier molecular flexibility index (Phi) is 4.29. The Labute approximate surface area is 120 Å². The molecule has 0 saturated carbocycles. The van der Waals surface area contributed by atoms with Crippen molar-refractivity contribution >= 4 is 22.8 Å². The zero-order valence-corrected chi connectivity index (χ0v) is 13.2. The maximum absolute atomic E-state index is 11.0. The molecule has 2 heterocycles. The van der Waals surface area contributed by atoms with E-state index in [4.69, 9.17) is 0 Å². The van der Waals surface area contributed by atoms with Crippen molar-refractivity contribution in [1.82, 2.24) is 4.98 Å². The number of carbonyl (C=O) groups is 1. The van der Waals surface area contributed by atoms with Crippen LogP contribution in [0.2, 0.25) is 0 Å². The highest BCUT2D eigenvalue weighted by molar-refractivity contribution is 7.17. The summed E-state index contributed by atoms with van der Waals surface area (Å²) in [6.07, 6.45) is 4.23. The molecule has 1 saturated heterocycles. The minimum Gasteiger partial charge on any atom is -0.348 e. The summed E-state index contributed by atoms with van der Waals surface area (Å²) in [5.74, 6) is 0.792. The molecule has 0 atom stereocenters. The first-order valence-electron chi connectivity index (χ1n) is 7.15. The van der Waals surface area contributed by atoms with E-state index in [-0.39, 0.29) is 0 Å². The van der Waals surface area contributed by atoms with E-state index in [1.165, 1.54) is 12.8 Å². The number of rotatable bonds is 3. The van der Waals surface area contributed by atoms with Gasteiger partial charge in [0.1, 0.15) is 0 Å². The molecule has 0 N–H and O–H groups in total. The van der Waals surface area contributed by atoms with Gasteiger partial charge in [-0.1, -0.05) is 39.0 Å². The Morgan fingerprint density at radius 3 is 2.42 bits per heavy atom. The molecule has 0 unspecified atom stereocenters. The van der Waals surface area contributed by atoms with Crippen LogP contribution in [0.5, 0.6) is 0 Å². The lowest BCUT2D eigenvalue weighted by Crippen LogP contribution is -2.37. The van der Waals surface area contributed by atoms with E-state index in [1.54, 1.807) is 11.3 Å². The number of nitrogens with zero attached hydrogens (tertiary/aromatic N) is 2. The van der Waals surface area contributed by atoms with Gasteiger partial charge in [0, 0.05) is 13.1 Å². The smallest absolute Gasteiger partial charge is 0.186 e. The number of hydrogen-bond acceptors (Lipinski definition) is 4. The van der Waals surface area contributed by atoms with Gasteiger partial charge in [0.2, 0.25) is 0 Å². The number of carbonyl (C=O) groups excluding carboxylic acids is 1. The maximum atomic E-state index is 11.0. The van der Waals surface area contributed by atoms with Gasteiger partial charge in [0.05, 0.1) is 10.6 Å². The lowest BCUT2D eigenvalue weighted by molar-refractivity contribution is 0.112. The van der Waals surface area contributed by atoms with E-state index in [9.17, 15) is 4.79 Å². The first-order chi connectivity index (χ1) is 8.95. The average Bonchev–Trinajstić information content (AvgIpc) is 2.81. The monoisotopic (exact) mass is 280 g/mol. The minimum absolute atomic E-state index is 0.400. The minimum atomic E-state index is 0.400. The second-order valence-electron chi connectivity index (χ2n) is 6.41. The largest absolute Gasteiger partial charge is 0.348 e. The van der Waals surface area contributed by atoms with Gasteiger partial charge in [0.25, 0.3) is 0 Å². The van der Waals surface area contributed by atoms with Crippen LogP contribution in [0.1, 0.15) is 55.9 Å². The molecule has 2 rings (SSSR count). The summed E-state index contributed by atoms with van der Waals surface area (Å²) in [6, 6.07) is 0. The number of hydrogen-bond donors (Lipinski definition) is 0. The summed E-state index contributed by atoms with van der Waals surface area (Å²) in [7, 11) is 0. The van der Waals surface area contributed by atoms with E-state index in [1.807, 2.05) is 0 Å². The quantitative estimate of drug-likeness (QED) is 0.790. The molecule has 1 aliphatic heterocycles. The van der Waals surface area contributed by atoms with Crippen molar-refractivity contribution in [2.24, 2.45) is 11.3 Å². The molecule has 1 fully saturated rings. The molecule has 106 valence electrons. The van der Waals surface area contributed by atoms with Gasteiger partial charge in [-0.25, -0.2) is 4.98 Å². The SMILES string of the molecule is CCc1nc(N2CCC(C(C)(C)C)CC2)sc1C=O. The van der Waals surface area contributed by atoms with Gasteiger partial charge >= 0.3 is 0 Å². The summed E-state index contributed by atoms with van der Waals surface area (Å²) in [5, 5.41) is 1.03. The Morgan fingerprint density at radius 2 is 2.00 bits per heavy atom. The van der Waals surface area contributed by atoms with E-state index in [2.05, 4.69) is 37.6 Å². The Hall–Kier alpha value is -0.900. The lowest BCUT2D eigenvalue weighted by atomic mass is 9.75. The van der Waals surface area contributed by atoms with Crippen molar-refractivity contribution in [2.75, 3.05) is 18.0 Å². The molecule has 0 radical (unpaired) electrons. The van der Waals surface area contributed by atoms with Crippen molar-refractivity contribution in [3.05, 3.63) is 10.6 Å². The molecule has 1 aliphatic rings. The normalized spacial score (nSPS) is 17.8. The zero-order valence-electron chi connectivity index (χ0n) is 12.4. The van der Waals surface area contributed by atoms with Gasteiger partial charge in [0.15, 0.2) is 11.4 Å². The molecule has 1 aromatic rings. The van der Waals surface area contributed by atoms with Crippen LogP contribution in [0, 0.1) is 11.3 Å². The van der Waals surface area contributed by atoms with E-state index in [0.29, 0.717) is 5.41 Å². The second-order valence-corrected chi connectivity index (χ2v) is 7.42. The standard InChI is InChI=1S/C15H24N2OS/c1-5-12-13(10-18)19-14(16-12)17-8-6-11(7-9-17)15(2,3)4/h10-11H,5-9H2,1-4H3. The molecule has 19 heavy (non-hydrogen) atoms. The Morgan fingerprint density at radius 1 is 1.37 bits per heavy atom. The Bertz CT molecular complexity index is 439. The third-order valence-electron chi connectivity index (χ3n) is 4.15. The topological polar surface area (TPSA) is 33.2 Å². The molecule has 1 aromatic heterocycles. The maximum Gasteiger partial charge on any atom is 0.186 e. The van der Waals surface area contributed by atoms with E-state index in [0.717, 1.165) is 47.4 Å². The molecule has 0 spiro atoms. The second kappa shape index (κ2) is 5.61. The third kappa shape index (κ3) is 3.16. The van der Waals surface area contributed by atoms with Crippen molar-refractivity contribution in [2.45, 2.75) is 47.0 Å². The molecule has 0 bridgehead atoms. The third-order valence-corrected chi connectivity index (χ3v) is 5.23.